The molecule has 1 aliphatic rings. The standard InChI is InChI=1S/C22H30FN5O.HI/c1-24-22(26-17-18-5-3-4-6-21(18)29-2)25-11-12-27-13-15-28(16-14-27)20-9-7-19(23)8-10-20;/h3-10H,11-17H2,1-2H3,(H2,24,25,26);1H. The molecule has 0 atom stereocenters. The number of hydrogen-bond acceptors (Lipinski definition) is 4. The quantitative estimate of drug-likeness (QED) is 0.330. The maximum absolute atomic E-state index is 13.1. The summed E-state index contributed by atoms with van der Waals surface area (Å²) in [5.41, 5.74) is 2.18. The van der Waals surface area contributed by atoms with Crippen LogP contribution in [0.15, 0.2) is 53.5 Å². The Morgan fingerprint density at radius 1 is 1.03 bits per heavy atom. The summed E-state index contributed by atoms with van der Waals surface area (Å²) in [6.45, 7) is 6.31. The van der Waals surface area contributed by atoms with Gasteiger partial charge in [-0.1, -0.05) is 18.2 Å². The van der Waals surface area contributed by atoms with Gasteiger partial charge in [0.15, 0.2) is 5.96 Å². The molecule has 164 valence electrons. The fourth-order valence-corrected chi connectivity index (χ4v) is 3.46. The lowest BCUT2D eigenvalue weighted by Crippen LogP contribution is -2.49. The third kappa shape index (κ3) is 7.02. The van der Waals surface area contributed by atoms with E-state index in [2.05, 4.69) is 25.4 Å². The second-order valence-electron chi connectivity index (χ2n) is 6.97. The molecule has 3 rings (SSSR count). The van der Waals surface area contributed by atoms with Gasteiger partial charge >= 0.3 is 0 Å². The van der Waals surface area contributed by atoms with E-state index in [1.807, 2.05) is 36.4 Å². The van der Waals surface area contributed by atoms with E-state index in [-0.39, 0.29) is 29.8 Å². The van der Waals surface area contributed by atoms with E-state index in [4.69, 9.17) is 4.74 Å². The highest BCUT2D eigenvalue weighted by atomic mass is 127. The van der Waals surface area contributed by atoms with E-state index < -0.39 is 0 Å². The molecule has 1 saturated heterocycles. The summed E-state index contributed by atoms with van der Waals surface area (Å²) in [7, 11) is 3.46. The minimum absolute atomic E-state index is 0. The van der Waals surface area contributed by atoms with Crippen molar-refractivity contribution in [2.45, 2.75) is 6.54 Å². The van der Waals surface area contributed by atoms with Crippen molar-refractivity contribution in [3.63, 3.8) is 0 Å². The molecule has 0 spiro atoms. The molecule has 0 amide bonds. The molecule has 6 nitrogen and oxygen atoms in total. The predicted molar refractivity (Wildman–Crippen MR) is 132 cm³/mol. The van der Waals surface area contributed by atoms with Gasteiger partial charge in [-0.2, -0.15) is 0 Å². The maximum Gasteiger partial charge on any atom is 0.191 e. The zero-order valence-corrected chi connectivity index (χ0v) is 19.9. The van der Waals surface area contributed by atoms with Crippen LogP contribution in [0.25, 0.3) is 0 Å². The Hall–Kier alpha value is -2.07. The number of benzene rings is 2. The van der Waals surface area contributed by atoms with Gasteiger partial charge in [-0.15, -0.1) is 24.0 Å². The number of hydrogen-bond donors (Lipinski definition) is 2. The van der Waals surface area contributed by atoms with Crippen LogP contribution in [0.4, 0.5) is 10.1 Å². The number of anilines is 1. The molecule has 1 heterocycles. The van der Waals surface area contributed by atoms with Crippen LogP contribution in [0.3, 0.4) is 0 Å². The van der Waals surface area contributed by atoms with E-state index >= 15 is 0 Å². The lowest BCUT2D eigenvalue weighted by atomic mass is 10.2. The van der Waals surface area contributed by atoms with E-state index in [1.165, 1.54) is 12.1 Å². The molecule has 2 N–H and O–H groups in total. The van der Waals surface area contributed by atoms with Crippen molar-refractivity contribution in [2.75, 3.05) is 58.3 Å². The Morgan fingerprint density at radius 3 is 2.40 bits per heavy atom. The molecule has 0 aliphatic carbocycles. The number of ether oxygens (including phenoxy) is 1. The highest BCUT2D eigenvalue weighted by Crippen LogP contribution is 2.17. The van der Waals surface area contributed by atoms with Gasteiger partial charge in [-0.3, -0.25) is 9.89 Å². The number of nitrogens with zero attached hydrogens (tertiary/aromatic N) is 3. The van der Waals surface area contributed by atoms with Crippen LogP contribution in [-0.2, 0) is 6.54 Å². The van der Waals surface area contributed by atoms with Gasteiger partial charge in [0.25, 0.3) is 0 Å². The number of methoxy groups -OCH3 is 1. The number of guanidine groups is 1. The number of aliphatic imine (C=N–C) groups is 1. The monoisotopic (exact) mass is 527 g/mol. The third-order valence-electron chi connectivity index (χ3n) is 5.15. The lowest BCUT2D eigenvalue weighted by Gasteiger charge is -2.36. The largest absolute Gasteiger partial charge is 0.496 e. The predicted octanol–water partition coefficient (Wildman–Crippen LogP) is 2.94. The molecule has 0 bridgehead atoms. The van der Waals surface area contributed by atoms with Crippen molar-refractivity contribution in [2.24, 2.45) is 4.99 Å². The second kappa shape index (κ2) is 12.6. The molecule has 30 heavy (non-hydrogen) atoms. The molecule has 8 heteroatoms. The van der Waals surface area contributed by atoms with Gasteiger partial charge in [-0.25, -0.2) is 4.39 Å². The molecular formula is C22H31FIN5O. The molecule has 0 saturated carbocycles. The van der Waals surface area contributed by atoms with Crippen molar-refractivity contribution in [1.82, 2.24) is 15.5 Å². The Kier molecular flexibility index (Phi) is 10.2. The number of para-hydroxylation sites is 1. The molecular weight excluding hydrogens is 496 g/mol. The fourth-order valence-electron chi connectivity index (χ4n) is 3.46. The first kappa shape index (κ1) is 24.2. The van der Waals surface area contributed by atoms with Gasteiger partial charge in [0.1, 0.15) is 11.6 Å². The van der Waals surface area contributed by atoms with Crippen molar-refractivity contribution in [3.8, 4) is 5.75 Å². The summed E-state index contributed by atoms with van der Waals surface area (Å²) in [6, 6.07) is 14.7. The summed E-state index contributed by atoms with van der Waals surface area (Å²) in [4.78, 5) is 9.03. The minimum atomic E-state index is -0.189. The van der Waals surface area contributed by atoms with Crippen LogP contribution in [0, 0.1) is 5.82 Å². The SMILES string of the molecule is CN=C(NCCN1CCN(c2ccc(F)cc2)CC1)NCc1ccccc1OC.I. The molecule has 1 fully saturated rings. The zero-order chi connectivity index (χ0) is 20.5. The number of halogens is 2. The average Bonchev–Trinajstić information content (AvgIpc) is 2.77. The van der Waals surface area contributed by atoms with Gasteiger partial charge in [0, 0.05) is 64.1 Å². The summed E-state index contributed by atoms with van der Waals surface area (Å²) in [5.74, 6) is 1.46. The first-order chi connectivity index (χ1) is 14.2. The highest BCUT2D eigenvalue weighted by Gasteiger charge is 2.17. The summed E-state index contributed by atoms with van der Waals surface area (Å²) >= 11 is 0. The molecule has 2 aromatic carbocycles. The van der Waals surface area contributed by atoms with E-state index in [0.29, 0.717) is 6.54 Å². The molecule has 0 aromatic heterocycles. The van der Waals surface area contributed by atoms with E-state index in [1.54, 1.807) is 14.2 Å². The van der Waals surface area contributed by atoms with Crippen molar-refractivity contribution < 1.29 is 9.13 Å². The van der Waals surface area contributed by atoms with Crippen LogP contribution in [0.2, 0.25) is 0 Å². The zero-order valence-electron chi connectivity index (χ0n) is 17.6. The second-order valence-corrected chi connectivity index (χ2v) is 6.97. The maximum atomic E-state index is 13.1. The fraction of sp³-hybridized carbons (Fsp3) is 0.409. The topological polar surface area (TPSA) is 52.1 Å². The Balaban J connectivity index is 0.00000320. The van der Waals surface area contributed by atoms with E-state index in [0.717, 1.165) is 62.2 Å². The van der Waals surface area contributed by atoms with Crippen LogP contribution in [0.1, 0.15) is 5.56 Å². The molecule has 1 aliphatic heterocycles. The van der Waals surface area contributed by atoms with Crippen molar-refractivity contribution in [3.05, 3.63) is 59.9 Å². The Labute approximate surface area is 195 Å². The molecule has 0 unspecified atom stereocenters. The van der Waals surface area contributed by atoms with Gasteiger partial charge in [-0.05, 0) is 30.3 Å². The number of piperazine rings is 1. The minimum Gasteiger partial charge on any atom is -0.496 e. The summed E-state index contributed by atoms with van der Waals surface area (Å²) in [6.07, 6.45) is 0. The smallest absolute Gasteiger partial charge is 0.191 e. The first-order valence-corrected chi connectivity index (χ1v) is 9.99. The van der Waals surface area contributed by atoms with Gasteiger partial charge < -0.3 is 20.3 Å². The summed E-state index contributed by atoms with van der Waals surface area (Å²) in [5, 5.41) is 6.71. The van der Waals surface area contributed by atoms with E-state index in [9.17, 15) is 4.39 Å². The first-order valence-electron chi connectivity index (χ1n) is 9.99. The molecule has 0 radical (unpaired) electrons. The normalized spacial score (nSPS) is 14.8. The number of nitrogens with one attached hydrogen (secondary N) is 2. The lowest BCUT2D eigenvalue weighted by molar-refractivity contribution is 0.261. The highest BCUT2D eigenvalue weighted by molar-refractivity contribution is 14.0. The van der Waals surface area contributed by atoms with Crippen LogP contribution < -0.4 is 20.3 Å². The van der Waals surface area contributed by atoms with Crippen LogP contribution in [0.5, 0.6) is 5.75 Å². The number of rotatable bonds is 7. The summed E-state index contributed by atoms with van der Waals surface area (Å²) < 4.78 is 18.5. The average molecular weight is 527 g/mol. The van der Waals surface area contributed by atoms with Crippen molar-refractivity contribution >= 4 is 35.6 Å². The Bertz CT molecular complexity index is 794. The Morgan fingerprint density at radius 2 is 1.73 bits per heavy atom. The van der Waals surface area contributed by atoms with Gasteiger partial charge in [0.05, 0.1) is 7.11 Å². The van der Waals surface area contributed by atoms with Gasteiger partial charge in [0.2, 0.25) is 0 Å². The van der Waals surface area contributed by atoms with Crippen molar-refractivity contribution in [1.29, 1.82) is 0 Å². The third-order valence-corrected chi connectivity index (χ3v) is 5.15. The molecule has 2 aromatic rings. The van der Waals surface area contributed by atoms with Crippen LogP contribution in [-0.4, -0.2) is 64.3 Å². The van der Waals surface area contributed by atoms with Crippen LogP contribution >= 0.6 is 24.0 Å².